The van der Waals surface area contributed by atoms with E-state index in [1.165, 1.54) is 42.6 Å². The molecule has 2 N–H and O–H groups in total. The van der Waals surface area contributed by atoms with Crippen molar-refractivity contribution >= 4 is 43.0 Å². The van der Waals surface area contributed by atoms with Gasteiger partial charge in [-0.3, -0.25) is 4.79 Å². The first-order valence-electron chi connectivity index (χ1n) is 8.09. The molecule has 3 aromatic heterocycles. The zero-order valence-electron chi connectivity index (χ0n) is 14.9. The van der Waals surface area contributed by atoms with Crippen LogP contribution in [0.5, 0.6) is 0 Å². The maximum absolute atomic E-state index is 13.0. The lowest BCUT2D eigenvalue weighted by Crippen LogP contribution is -2.21. The van der Waals surface area contributed by atoms with Gasteiger partial charge in [0.2, 0.25) is 0 Å². The summed E-state index contributed by atoms with van der Waals surface area (Å²) in [5.41, 5.74) is 0.746. The van der Waals surface area contributed by atoms with Crippen molar-refractivity contribution in [1.29, 1.82) is 0 Å². The molecule has 3 rings (SSSR count). The number of pyridine rings is 2. The van der Waals surface area contributed by atoms with Gasteiger partial charge in [-0.1, -0.05) is 6.92 Å². The normalized spacial score (nSPS) is 11.2. The average Bonchev–Trinajstić information content (AvgIpc) is 3.22. The molecule has 0 unspecified atom stereocenters. The van der Waals surface area contributed by atoms with E-state index in [0.717, 1.165) is 0 Å². The monoisotopic (exact) mass is 465 g/mol. The fraction of sp³-hybridized carbons (Fsp3) is 0.188. The molecule has 10 nitrogen and oxygen atoms in total. The van der Waals surface area contributed by atoms with Gasteiger partial charge >= 0.3 is 0 Å². The van der Waals surface area contributed by atoms with Crippen molar-refractivity contribution in [2.75, 3.05) is 23.4 Å². The Labute approximate surface area is 169 Å². The molecule has 0 saturated heterocycles. The number of amides is 1. The molecule has 3 heterocycles. The van der Waals surface area contributed by atoms with Gasteiger partial charge in [0.1, 0.15) is 23.0 Å². The van der Waals surface area contributed by atoms with Crippen LogP contribution in [-0.2, 0) is 9.84 Å². The summed E-state index contributed by atoms with van der Waals surface area (Å²) in [4.78, 5) is 24.9. The van der Waals surface area contributed by atoms with E-state index in [-0.39, 0.29) is 22.2 Å². The molecule has 0 spiro atoms. The highest BCUT2D eigenvalue weighted by atomic mass is 79.9. The van der Waals surface area contributed by atoms with Gasteiger partial charge in [-0.25, -0.2) is 28.1 Å². The summed E-state index contributed by atoms with van der Waals surface area (Å²) in [7, 11) is -2.00. The molecule has 0 saturated carbocycles. The third-order valence-electron chi connectivity index (χ3n) is 3.82. The van der Waals surface area contributed by atoms with Crippen LogP contribution in [0.25, 0.3) is 5.82 Å². The van der Waals surface area contributed by atoms with Gasteiger partial charge in [-0.2, -0.15) is 5.10 Å². The van der Waals surface area contributed by atoms with Crippen LogP contribution in [0, 0.1) is 0 Å². The number of nitrogens with zero attached hydrogens (tertiary/aromatic N) is 5. The van der Waals surface area contributed by atoms with E-state index < -0.39 is 15.7 Å². The van der Waals surface area contributed by atoms with Crippen LogP contribution in [0.2, 0.25) is 0 Å². The summed E-state index contributed by atoms with van der Waals surface area (Å²) in [6.07, 6.45) is 4.24. The number of rotatable bonds is 6. The third-order valence-corrected chi connectivity index (χ3v) is 6.01. The van der Waals surface area contributed by atoms with Crippen molar-refractivity contribution in [3.05, 3.63) is 47.3 Å². The summed E-state index contributed by atoms with van der Waals surface area (Å²) < 4.78 is 26.8. The maximum atomic E-state index is 13.0. The van der Waals surface area contributed by atoms with Gasteiger partial charge in [0.25, 0.3) is 5.91 Å². The van der Waals surface area contributed by atoms with Gasteiger partial charge in [0.15, 0.2) is 15.7 Å². The molecule has 12 heteroatoms. The first-order valence-corrected chi connectivity index (χ1v) is 10.5. The third kappa shape index (κ3) is 4.02. The van der Waals surface area contributed by atoms with Crippen LogP contribution < -0.4 is 10.6 Å². The predicted molar refractivity (Wildman–Crippen MR) is 106 cm³/mol. The Balaban J connectivity index is 2.09. The minimum Gasteiger partial charge on any atom is -0.385 e. The Bertz CT molecular complexity index is 1120. The lowest BCUT2D eigenvalue weighted by Gasteiger charge is -2.13. The number of nitrogens with one attached hydrogen (secondary N) is 2. The maximum Gasteiger partial charge on any atom is 0.275 e. The molecule has 28 heavy (non-hydrogen) atoms. The SMILES string of the molecule is CCS(=O)(=O)c1ccc(-n2cncn2)nc1C(=O)Nc1cc(Br)ncc1NC. The number of anilines is 2. The minimum atomic E-state index is -3.68. The van der Waals surface area contributed by atoms with Gasteiger partial charge < -0.3 is 10.6 Å². The lowest BCUT2D eigenvalue weighted by atomic mass is 10.3. The quantitative estimate of drug-likeness (QED) is 0.527. The Hall–Kier alpha value is -2.86. The summed E-state index contributed by atoms with van der Waals surface area (Å²) in [6.45, 7) is 1.50. The van der Waals surface area contributed by atoms with E-state index in [2.05, 4.69) is 46.6 Å². The highest BCUT2D eigenvalue weighted by Gasteiger charge is 2.24. The average molecular weight is 466 g/mol. The summed E-state index contributed by atoms with van der Waals surface area (Å²) in [5.74, 6) is -0.578. The number of sulfone groups is 1. The van der Waals surface area contributed by atoms with Crippen molar-refractivity contribution in [3.8, 4) is 5.82 Å². The first kappa shape index (κ1) is 19.9. The fourth-order valence-corrected chi connectivity index (χ4v) is 3.72. The number of halogens is 1. The number of carbonyl (C=O) groups excluding carboxylic acids is 1. The van der Waals surface area contributed by atoms with Crippen molar-refractivity contribution in [1.82, 2.24) is 24.7 Å². The van der Waals surface area contributed by atoms with E-state index in [4.69, 9.17) is 0 Å². The van der Waals surface area contributed by atoms with Gasteiger partial charge in [-0.15, -0.1) is 0 Å². The highest BCUT2D eigenvalue weighted by Crippen LogP contribution is 2.25. The fourth-order valence-electron chi connectivity index (χ4n) is 2.37. The molecule has 0 bridgehead atoms. The summed E-state index contributed by atoms with van der Waals surface area (Å²) >= 11 is 3.25. The molecular weight excluding hydrogens is 450 g/mol. The number of aromatic nitrogens is 5. The molecule has 0 aliphatic rings. The molecule has 3 aromatic rings. The molecule has 1 amide bonds. The molecule has 0 aliphatic carbocycles. The van der Waals surface area contributed by atoms with Crippen LogP contribution in [0.3, 0.4) is 0 Å². The van der Waals surface area contributed by atoms with E-state index in [1.807, 2.05) is 0 Å². The molecule has 0 radical (unpaired) electrons. The zero-order chi connectivity index (χ0) is 20.3. The van der Waals surface area contributed by atoms with Crippen LogP contribution in [0.15, 0.2) is 46.5 Å². The molecule has 0 fully saturated rings. The minimum absolute atomic E-state index is 0.157. The Morgan fingerprint density at radius 3 is 2.71 bits per heavy atom. The topological polar surface area (TPSA) is 132 Å². The van der Waals surface area contributed by atoms with Crippen LogP contribution in [0.4, 0.5) is 11.4 Å². The van der Waals surface area contributed by atoms with E-state index >= 15 is 0 Å². The second kappa shape index (κ2) is 8.02. The standard InChI is InChI=1S/C16H16BrN7O3S/c1-3-28(26,27)12-4-5-14(24-9-19-8-21-24)23-15(12)16(25)22-10-6-13(17)20-7-11(10)18-2/h4-9,18H,3H2,1-2H3,(H,20,22,25). The smallest absolute Gasteiger partial charge is 0.275 e. The van der Waals surface area contributed by atoms with Crippen LogP contribution in [0.1, 0.15) is 17.4 Å². The Morgan fingerprint density at radius 2 is 2.07 bits per heavy atom. The van der Waals surface area contributed by atoms with Crippen molar-refractivity contribution in [2.45, 2.75) is 11.8 Å². The second-order valence-corrected chi connectivity index (χ2v) is 8.58. The van der Waals surface area contributed by atoms with Crippen LogP contribution in [-0.4, -0.2) is 51.9 Å². The highest BCUT2D eigenvalue weighted by molar-refractivity contribution is 9.10. The van der Waals surface area contributed by atoms with Crippen LogP contribution >= 0.6 is 15.9 Å². The largest absolute Gasteiger partial charge is 0.385 e. The molecular formula is C16H16BrN7O3S. The van der Waals surface area contributed by atoms with Crippen molar-refractivity contribution in [3.63, 3.8) is 0 Å². The van der Waals surface area contributed by atoms with E-state index in [9.17, 15) is 13.2 Å². The Morgan fingerprint density at radius 1 is 1.29 bits per heavy atom. The van der Waals surface area contributed by atoms with Gasteiger partial charge in [-0.05, 0) is 34.1 Å². The van der Waals surface area contributed by atoms with E-state index in [1.54, 1.807) is 13.1 Å². The number of hydrogen-bond acceptors (Lipinski definition) is 8. The molecule has 146 valence electrons. The molecule has 0 aromatic carbocycles. The van der Waals surface area contributed by atoms with Gasteiger partial charge in [0, 0.05) is 7.05 Å². The number of hydrogen-bond donors (Lipinski definition) is 2. The lowest BCUT2D eigenvalue weighted by molar-refractivity contribution is 0.101. The molecule has 0 aliphatic heterocycles. The Kier molecular flexibility index (Phi) is 5.70. The van der Waals surface area contributed by atoms with Crippen molar-refractivity contribution < 1.29 is 13.2 Å². The molecule has 0 atom stereocenters. The summed E-state index contributed by atoms with van der Waals surface area (Å²) in [6, 6.07) is 4.41. The second-order valence-electron chi connectivity index (χ2n) is 5.52. The van der Waals surface area contributed by atoms with Crippen molar-refractivity contribution in [2.24, 2.45) is 0 Å². The number of carbonyl (C=O) groups is 1. The zero-order valence-corrected chi connectivity index (χ0v) is 17.3. The van der Waals surface area contributed by atoms with Gasteiger partial charge in [0.05, 0.1) is 28.2 Å². The summed E-state index contributed by atoms with van der Waals surface area (Å²) in [5, 5.41) is 9.55. The predicted octanol–water partition coefficient (Wildman–Crippen LogP) is 1.91. The van der Waals surface area contributed by atoms with E-state index in [0.29, 0.717) is 16.0 Å². The first-order chi connectivity index (χ1) is 13.4.